The molecule has 0 saturated heterocycles. The van der Waals surface area contributed by atoms with Gasteiger partial charge in [-0.25, -0.2) is 0 Å². The summed E-state index contributed by atoms with van der Waals surface area (Å²) >= 11 is 0. The molecule has 0 aliphatic heterocycles. The first-order chi connectivity index (χ1) is 7.92. The average Bonchev–Trinajstić information content (AvgIpc) is 3.06. The molecular formula is C14H12N2. The van der Waals surface area contributed by atoms with Gasteiger partial charge in [0.1, 0.15) is 0 Å². The van der Waals surface area contributed by atoms with Gasteiger partial charge in [-0.05, 0) is 48.6 Å². The van der Waals surface area contributed by atoms with E-state index in [0.717, 1.165) is 11.4 Å². The van der Waals surface area contributed by atoms with Crippen molar-refractivity contribution >= 4 is 16.6 Å². The minimum Gasteiger partial charge on any atom is -0.314 e. The van der Waals surface area contributed by atoms with Crippen LogP contribution in [0, 0.1) is 0 Å². The zero-order valence-electron chi connectivity index (χ0n) is 8.93. The molecule has 1 aliphatic carbocycles. The van der Waals surface area contributed by atoms with Crippen LogP contribution in [0.15, 0.2) is 42.7 Å². The lowest BCUT2D eigenvalue weighted by molar-refractivity contribution is 1.12. The van der Waals surface area contributed by atoms with Crippen LogP contribution in [0.5, 0.6) is 0 Å². The molecule has 1 fully saturated rings. The number of hydrogen-bond donors (Lipinski definition) is 0. The van der Waals surface area contributed by atoms with Gasteiger partial charge in [0.15, 0.2) is 0 Å². The van der Waals surface area contributed by atoms with Gasteiger partial charge in [-0.15, -0.1) is 0 Å². The van der Waals surface area contributed by atoms with Crippen molar-refractivity contribution in [3.05, 3.63) is 48.3 Å². The number of aromatic nitrogens is 2. The van der Waals surface area contributed by atoms with Gasteiger partial charge in [-0.2, -0.15) is 0 Å². The van der Waals surface area contributed by atoms with Crippen LogP contribution in [0.4, 0.5) is 0 Å². The lowest BCUT2D eigenvalue weighted by Gasteiger charge is -2.04. The zero-order valence-corrected chi connectivity index (χ0v) is 8.93. The van der Waals surface area contributed by atoms with Gasteiger partial charge in [0.2, 0.25) is 0 Å². The maximum absolute atomic E-state index is 4.48. The Hall–Kier alpha value is -1.83. The molecule has 0 bridgehead atoms. The molecule has 3 aromatic rings. The van der Waals surface area contributed by atoms with Gasteiger partial charge in [0, 0.05) is 6.20 Å². The van der Waals surface area contributed by atoms with E-state index in [9.17, 15) is 0 Å². The topological polar surface area (TPSA) is 17.3 Å². The molecule has 2 aromatic heterocycles. The second-order valence-electron chi connectivity index (χ2n) is 4.58. The summed E-state index contributed by atoms with van der Waals surface area (Å²) in [6.45, 7) is 0. The van der Waals surface area contributed by atoms with Crippen LogP contribution >= 0.6 is 0 Å². The van der Waals surface area contributed by atoms with Gasteiger partial charge in [0.25, 0.3) is 0 Å². The normalized spacial score (nSPS) is 16.0. The molecular weight excluding hydrogens is 196 g/mol. The van der Waals surface area contributed by atoms with Crippen LogP contribution in [-0.2, 0) is 0 Å². The van der Waals surface area contributed by atoms with Crippen LogP contribution in [0.3, 0.4) is 0 Å². The fourth-order valence-electron chi connectivity index (χ4n) is 2.37. The first-order valence-corrected chi connectivity index (χ1v) is 5.77. The molecule has 0 amide bonds. The Morgan fingerprint density at radius 3 is 3.00 bits per heavy atom. The molecule has 2 heteroatoms. The Balaban J connectivity index is 2.11. The van der Waals surface area contributed by atoms with E-state index in [-0.39, 0.29) is 0 Å². The van der Waals surface area contributed by atoms with Crippen LogP contribution in [0.1, 0.15) is 24.3 Å². The third-order valence-electron chi connectivity index (χ3n) is 3.42. The van der Waals surface area contributed by atoms with Crippen LogP contribution in [0.2, 0.25) is 0 Å². The molecule has 0 radical (unpaired) electrons. The monoisotopic (exact) mass is 208 g/mol. The second kappa shape index (κ2) is 2.85. The van der Waals surface area contributed by atoms with Gasteiger partial charge in [-0.1, -0.05) is 6.07 Å². The lowest BCUT2D eigenvalue weighted by Crippen LogP contribution is -1.90. The van der Waals surface area contributed by atoms with E-state index < -0.39 is 0 Å². The van der Waals surface area contributed by atoms with E-state index >= 15 is 0 Å². The molecule has 2 nitrogen and oxygen atoms in total. The summed E-state index contributed by atoms with van der Waals surface area (Å²) in [7, 11) is 0. The molecule has 0 atom stereocenters. The summed E-state index contributed by atoms with van der Waals surface area (Å²) < 4.78 is 2.22. The van der Waals surface area contributed by atoms with Crippen molar-refractivity contribution in [2.45, 2.75) is 18.8 Å². The highest BCUT2D eigenvalue weighted by Gasteiger charge is 2.23. The number of fused-ring (bicyclic) bond motifs is 3. The molecule has 0 unspecified atom stereocenters. The van der Waals surface area contributed by atoms with Crippen LogP contribution < -0.4 is 0 Å². The van der Waals surface area contributed by atoms with E-state index in [1.165, 1.54) is 29.4 Å². The van der Waals surface area contributed by atoms with E-state index in [1.807, 2.05) is 6.20 Å². The fraction of sp³-hybridized carbons (Fsp3) is 0.214. The number of nitrogens with zero attached hydrogens (tertiary/aromatic N) is 2. The standard InChI is InChI=1S/C14H12N2/c1-2-12-9-15-13-6-5-11(10-3-4-10)8-14(13)16(12)7-1/h1-2,5-10H,3-4H2. The summed E-state index contributed by atoms with van der Waals surface area (Å²) in [6.07, 6.45) is 6.73. The zero-order chi connectivity index (χ0) is 10.5. The van der Waals surface area contributed by atoms with Gasteiger partial charge in [0.05, 0.1) is 22.7 Å². The highest BCUT2D eigenvalue weighted by molar-refractivity contribution is 5.79. The average molecular weight is 208 g/mol. The lowest BCUT2D eigenvalue weighted by atomic mass is 10.1. The molecule has 1 aromatic carbocycles. The minimum absolute atomic E-state index is 0.801. The van der Waals surface area contributed by atoms with Crippen LogP contribution in [-0.4, -0.2) is 9.38 Å². The highest BCUT2D eigenvalue weighted by atomic mass is 14.9. The predicted molar refractivity (Wildman–Crippen MR) is 64.7 cm³/mol. The van der Waals surface area contributed by atoms with Crippen molar-refractivity contribution in [1.82, 2.24) is 9.38 Å². The highest BCUT2D eigenvalue weighted by Crippen LogP contribution is 2.40. The molecule has 2 heterocycles. The van der Waals surface area contributed by atoms with Crippen molar-refractivity contribution in [2.75, 3.05) is 0 Å². The first-order valence-electron chi connectivity index (χ1n) is 5.77. The maximum Gasteiger partial charge on any atom is 0.0871 e. The quantitative estimate of drug-likeness (QED) is 0.599. The summed E-state index contributed by atoms with van der Waals surface area (Å²) in [5, 5.41) is 0. The van der Waals surface area contributed by atoms with Crippen molar-refractivity contribution < 1.29 is 0 Å². The third-order valence-corrected chi connectivity index (χ3v) is 3.42. The summed E-state index contributed by atoms with van der Waals surface area (Å²) in [5.41, 5.74) is 4.94. The minimum atomic E-state index is 0.801. The van der Waals surface area contributed by atoms with Gasteiger partial charge >= 0.3 is 0 Å². The smallest absolute Gasteiger partial charge is 0.0871 e. The molecule has 16 heavy (non-hydrogen) atoms. The van der Waals surface area contributed by atoms with E-state index in [4.69, 9.17) is 0 Å². The Kier molecular flexibility index (Phi) is 1.48. The van der Waals surface area contributed by atoms with Crippen molar-refractivity contribution in [3.63, 3.8) is 0 Å². The van der Waals surface area contributed by atoms with Crippen LogP contribution in [0.25, 0.3) is 16.6 Å². The molecule has 1 aliphatic rings. The van der Waals surface area contributed by atoms with E-state index in [2.05, 4.69) is 45.9 Å². The Morgan fingerprint density at radius 2 is 2.12 bits per heavy atom. The molecule has 0 spiro atoms. The molecule has 0 N–H and O–H groups in total. The fourth-order valence-corrected chi connectivity index (χ4v) is 2.37. The largest absolute Gasteiger partial charge is 0.314 e. The number of benzene rings is 1. The van der Waals surface area contributed by atoms with Crippen molar-refractivity contribution in [3.8, 4) is 0 Å². The maximum atomic E-state index is 4.48. The number of hydrogen-bond acceptors (Lipinski definition) is 1. The number of rotatable bonds is 1. The molecule has 4 rings (SSSR count). The summed E-state index contributed by atoms with van der Waals surface area (Å²) in [6, 6.07) is 10.8. The van der Waals surface area contributed by atoms with Gasteiger partial charge < -0.3 is 4.40 Å². The molecule has 1 saturated carbocycles. The molecule has 78 valence electrons. The van der Waals surface area contributed by atoms with Gasteiger partial charge in [-0.3, -0.25) is 4.98 Å². The predicted octanol–water partition coefficient (Wildman–Crippen LogP) is 3.36. The Bertz CT molecular complexity index is 677. The van der Waals surface area contributed by atoms with E-state index in [0.29, 0.717) is 0 Å². The van der Waals surface area contributed by atoms with Crippen molar-refractivity contribution in [1.29, 1.82) is 0 Å². The van der Waals surface area contributed by atoms with Crippen molar-refractivity contribution in [2.24, 2.45) is 0 Å². The van der Waals surface area contributed by atoms with E-state index in [1.54, 1.807) is 0 Å². The third kappa shape index (κ3) is 1.10. The summed E-state index contributed by atoms with van der Waals surface area (Å²) in [4.78, 5) is 4.48. The second-order valence-corrected chi connectivity index (χ2v) is 4.58. The first kappa shape index (κ1) is 8.34. The Morgan fingerprint density at radius 1 is 1.19 bits per heavy atom. The Labute approximate surface area is 93.5 Å². The summed E-state index contributed by atoms with van der Waals surface area (Å²) in [5.74, 6) is 0.801. The SMILES string of the molecule is c1cc2cnc3ccc(C4CC4)cc3n2c1.